The van der Waals surface area contributed by atoms with Crippen molar-refractivity contribution in [1.82, 2.24) is 15.2 Å². The average Bonchev–Trinajstić information content (AvgIpc) is 2.25. The third-order valence-corrected chi connectivity index (χ3v) is 2.58. The van der Waals surface area contributed by atoms with E-state index in [0.717, 1.165) is 5.69 Å². The molecule has 0 aromatic carbocycles. The van der Waals surface area contributed by atoms with Crippen molar-refractivity contribution < 1.29 is 5.11 Å². The zero-order valence-electron chi connectivity index (χ0n) is 11.1. The standard InChI is InChI=1S/C13H23N3O/c1-11(12-7-5-6-8-14-12)15-9-13(2,17)10-16(3)4/h5-8,11,15,17H,9-10H2,1-4H3. The van der Waals surface area contributed by atoms with Crippen LogP contribution in [0, 0.1) is 0 Å². The van der Waals surface area contributed by atoms with Crippen LogP contribution >= 0.6 is 0 Å². The van der Waals surface area contributed by atoms with Crippen LogP contribution in [-0.4, -0.2) is 47.8 Å². The molecule has 0 aliphatic carbocycles. The fourth-order valence-corrected chi connectivity index (χ4v) is 1.85. The first kappa shape index (κ1) is 14.1. The Morgan fingerprint density at radius 3 is 2.71 bits per heavy atom. The number of aromatic nitrogens is 1. The lowest BCUT2D eigenvalue weighted by Gasteiger charge is -2.28. The van der Waals surface area contributed by atoms with Crippen molar-refractivity contribution in [2.75, 3.05) is 27.2 Å². The molecule has 1 rings (SSSR count). The molecule has 0 saturated carbocycles. The minimum Gasteiger partial charge on any atom is -0.388 e. The van der Waals surface area contributed by atoms with Crippen LogP contribution in [0.25, 0.3) is 0 Å². The van der Waals surface area contributed by atoms with Crippen molar-refractivity contribution in [3.05, 3.63) is 30.1 Å². The van der Waals surface area contributed by atoms with Gasteiger partial charge in [0.1, 0.15) is 0 Å². The van der Waals surface area contributed by atoms with Gasteiger partial charge in [-0.3, -0.25) is 4.98 Å². The summed E-state index contributed by atoms with van der Waals surface area (Å²) in [4.78, 5) is 6.26. The third-order valence-electron chi connectivity index (χ3n) is 2.58. The molecule has 1 heterocycles. The molecule has 4 nitrogen and oxygen atoms in total. The predicted molar refractivity (Wildman–Crippen MR) is 69.8 cm³/mol. The molecule has 1 aromatic heterocycles. The Kier molecular flexibility index (Phi) is 5.05. The SMILES string of the molecule is CC(NCC(C)(O)CN(C)C)c1ccccn1. The molecule has 4 heteroatoms. The van der Waals surface area contributed by atoms with Gasteiger partial charge in [-0.15, -0.1) is 0 Å². The lowest BCUT2D eigenvalue weighted by Crippen LogP contribution is -2.46. The van der Waals surface area contributed by atoms with E-state index in [1.807, 2.05) is 51.0 Å². The van der Waals surface area contributed by atoms with Gasteiger partial charge in [0.05, 0.1) is 11.3 Å². The summed E-state index contributed by atoms with van der Waals surface area (Å²) in [6.07, 6.45) is 1.78. The fraction of sp³-hybridized carbons (Fsp3) is 0.615. The minimum atomic E-state index is -0.730. The lowest BCUT2D eigenvalue weighted by atomic mass is 10.1. The van der Waals surface area contributed by atoms with Crippen molar-refractivity contribution in [3.63, 3.8) is 0 Å². The summed E-state index contributed by atoms with van der Waals surface area (Å²) < 4.78 is 0. The number of nitrogens with zero attached hydrogens (tertiary/aromatic N) is 2. The smallest absolute Gasteiger partial charge is 0.0869 e. The van der Waals surface area contributed by atoms with Gasteiger partial charge in [0.15, 0.2) is 0 Å². The largest absolute Gasteiger partial charge is 0.388 e. The van der Waals surface area contributed by atoms with E-state index in [9.17, 15) is 5.11 Å². The van der Waals surface area contributed by atoms with Gasteiger partial charge < -0.3 is 15.3 Å². The number of likely N-dealkylation sites (N-methyl/N-ethyl adjacent to an activating group) is 1. The molecular formula is C13H23N3O. The van der Waals surface area contributed by atoms with E-state index < -0.39 is 5.60 Å². The summed E-state index contributed by atoms with van der Waals surface area (Å²) in [6.45, 7) is 5.07. The first-order valence-corrected chi connectivity index (χ1v) is 5.92. The van der Waals surface area contributed by atoms with Gasteiger partial charge in [-0.05, 0) is 40.1 Å². The highest BCUT2D eigenvalue weighted by atomic mass is 16.3. The zero-order chi connectivity index (χ0) is 12.9. The zero-order valence-corrected chi connectivity index (χ0v) is 11.1. The monoisotopic (exact) mass is 237 g/mol. The molecule has 0 radical (unpaired) electrons. The number of rotatable bonds is 6. The Bertz CT molecular complexity index is 325. The molecule has 0 bridgehead atoms. The molecule has 96 valence electrons. The normalized spacial score (nSPS) is 16.8. The first-order chi connectivity index (χ1) is 7.91. The van der Waals surface area contributed by atoms with Gasteiger partial charge in [-0.25, -0.2) is 0 Å². The highest BCUT2D eigenvalue weighted by Crippen LogP contribution is 2.10. The predicted octanol–water partition coefficient (Wildman–Crippen LogP) is 1.04. The Hall–Kier alpha value is -0.970. The van der Waals surface area contributed by atoms with E-state index >= 15 is 0 Å². The number of hydrogen-bond donors (Lipinski definition) is 2. The van der Waals surface area contributed by atoms with E-state index in [1.54, 1.807) is 6.20 Å². The number of aliphatic hydroxyl groups is 1. The molecule has 0 amide bonds. The van der Waals surface area contributed by atoms with E-state index in [4.69, 9.17) is 0 Å². The van der Waals surface area contributed by atoms with Crippen LogP contribution in [0.4, 0.5) is 0 Å². The summed E-state index contributed by atoms with van der Waals surface area (Å²) in [5.41, 5.74) is 0.264. The van der Waals surface area contributed by atoms with Gasteiger partial charge in [-0.2, -0.15) is 0 Å². The maximum Gasteiger partial charge on any atom is 0.0869 e. The number of nitrogens with one attached hydrogen (secondary N) is 1. The van der Waals surface area contributed by atoms with Gasteiger partial charge in [0, 0.05) is 25.3 Å². The Balaban J connectivity index is 2.45. The van der Waals surface area contributed by atoms with Crippen LogP contribution in [0.1, 0.15) is 25.6 Å². The van der Waals surface area contributed by atoms with Crippen molar-refractivity contribution in [2.24, 2.45) is 0 Å². The molecule has 0 spiro atoms. The molecule has 0 aliphatic rings. The van der Waals surface area contributed by atoms with Crippen LogP contribution < -0.4 is 5.32 Å². The summed E-state index contributed by atoms with van der Waals surface area (Å²) in [5.74, 6) is 0. The first-order valence-electron chi connectivity index (χ1n) is 5.92. The number of pyridine rings is 1. The Morgan fingerprint density at radius 1 is 1.47 bits per heavy atom. The highest BCUT2D eigenvalue weighted by molar-refractivity contribution is 5.07. The van der Waals surface area contributed by atoms with Crippen LogP contribution in [0.3, 0.4) is 0 Å². The molecule has 2 unspecified atom stereocenters. The Morgan fingerprint density at radius 2 is 2.18 bits per heavy atom. The summed E-state index contributed by atoms with van der Waals surface area (Å²) >= 11 is 0. The van der Waals surface area contributed by atoms with Crippen LogP contribution in [0.5, 0.6) is 0 Å². The lowest BCUT2D eigenvalue weighted by molar-refractivity contribution is 0.0316. The summed E-state index contributed by atoms with van der Waals surface area (Å²) in [5, 5.41) is 13.5. The maximum atomic E-state index is 10.2. The van der Waals surface area contributed by atoms with E-state index in [2.05, 4.69) is 10.3 Å². The minimum absolute atomic E-state index is 0.143. The molecule has 0 fully saturated rings. The average molecular weight is 237 g/mol. The van der Waals surface area contributed by atoms with Gasteiger partial charge in [0.2, 0.25) is 0 Å². The fourth-order valence-electron chi connectivity index (χ4n) is 1.85. The van der Waals surface area contributed by atoms with Crippen LogP contribution in [0.15, 0.2) is 24.4 Å². The van der Waals surface area contributed by atoms with Crippen LogP contribution in [0.2, 0.25) is 0 Å². The summed E-state index contributed by atoms with van der Waals surface area (Å²) in [7, 11) is 3.91. The number of hydrogen-bond acceptors (Lipinski definition) is 4. The van der Waals surface area contributed by atoms with Crippen molar-refractivity contribution in [1.29, 1.82) is 0 Å². The molecule has 0 saturated heterocycles. The summed E-state index contributed by atoms with van der Waals surface area (Å²) in [6, 6.07) is 6.00. The molecule has 2 atom stereocenters. The van der Waals surface area contributed by atoms with Crippen molar-refractivity contribution >= 4 is 0 Å². The maximum absolute atomic E-state index is 10.2. The van der Waals surface area contributed by atoms with E-state index in [0.29, 0.717) is 13.1 Å². The highest BCUT2D eigenvalue weighted by Gasteiger charge is 2.22. The second-order valence-corrected chi connectivity index (χ2v) is 5.09. The van der Waals surface area contributed by atoms with Gasteiger partial charge in [-0.1, -0.05) is 6.07 Å². The van der Waals surface area contributed by atoms with Gasteiger partial charge in [0.25, 0.3) is 0 Å². The second-order valence-electron chi connectivity index (χ2n) is 5.09. The van der Waals surface area contributed by atoms with Gasteiger partial charge >= 0.3 is 0 Å². The van der Waals surface area contributed by atoms with Crippen LogP contribution in [-0.2, 0) is 0 Å². The molecule has 17 heavy (non-hydrogen) atoms. The van der Waals surface area contributed by atoms with Crippen molar-refractivity contribution in [3.8, 4) is 0 Å². The van der Waals surface area contributed by atoms with Crippen molar-refractivity contribution in [2.45, 2.75) is 25.5 Å². The van der Waals surface area contributed by atoms with E-state index in [-0.39, 0.29) is 6.04 Å². The topological polar surface area (TPSA) is 48.4 Å². The van der Waals surface area contributed by atoms with E-state index in [1.165, 1.54) is 0 Å². The molecule has 1 aromatic rings. The quantitative estimate of drug-likeness (QED) is 0.776. The molecule has 0 aliphatic heterocycles. The third kappa shape index (κ3) is 5.26. The molecular weight excluding hydrogens is 214 g/mol. The second kappa shape index (κ2) is 6.10. The molecule has 2 N–H and O–H groups in total. The Labute approximate surface area is 104 Å².